The predicted molar refractivity (Wildman–Crippen MR) is 81.6 cm³/mol. The van der Waals surface area contributed by atoms with E-state index in [1.807, 2.05) is 7.05 Å². The number of hydrogen-bond acceptors (Lipinski definition) is 2. The second-order valence-electron chi connectivity index (χ2n) is 7.18. The Morgan fingerprint density at radius 2 is 1.38 bits per heavy atom. The van der Waals surface area contributed by atoms with Gasteiger partial charge < -0.3 is 10.2 Å². The van der Waals surface area contributed by atoms with Crippen LogP contribution < -0.4 is 5.32 Å². The second kappa shape index (κ2) is 6.37. The highest BCUT2D eigenvalue weighted by Crippen LogP contribution is 2.33. The van der Waals surface area contributed by atoms with Crippen molar-refractivity contribution in [2.24, 2.45) is 11.8 Å². The number of rotatable bonds is 2. The number of amides is 2. The summed E-state index contributed by atoms with van der Waals surface area (Å²) in [6.45, 7) is 0. The number of likely N-dealkylation sites (N-methyl/N-ethyl adjacent to an activating group) is 1. The molecule has 1 aliphatic heterocycles. The van der Waals surface area contributed by atoms with Gasteiger partial charge in [0, 0.05) is 7.05 Å². The zero-order chi connectivity index (χ0) is 14.8. The highest BCUT2D eigenvalue weighted by atomic mass is 16.2. The molecule has 4 heteroatoms. The first-order chi connectivity index (χ1) is 10.2. The molecule has 3 fully saturated rings. The Hall–Kier alpha value is -1.06. The Kier molecular flexibility index (Phi) is 4.51. The lowest BCUT2D eigenvalue weighted by Gasteiger charge is -2.44. The summed E-state index contributed by atoms with van der Waals surface area (Å²) in [5, 5.41) is 3.08. The number of nitrogens with one attached hydrogen (secondary N) is 1. The topological polar surface area (TPSA) is 49.4 Å². The average molecular weight is 292 g/mol. The summed E-state index contributed by atoms with van der Waals surface area (Å²) in [7, 11) is 1.84. The highest BCUT2D eigenvalue weighted by molar-refractivity contribution is 5.97. The fraction of sp³-hybridized carbons (Fsp3) is 0.882. The molecule has 0 aromatic carbocycles. The van der Waals surface area contributed by atoms with Crippen molar-refractivity contribution in [2.75, 3.05) is 7.05 Å². The molecule has 0 radical (unpaired) electrons. The lowest BCUT2D eigenvalue weighted by molar-refractivity contribution is -0.152. The van der Waals surface area contributed by atoms with Gasteiger partial charge in [0.15, 0.2) is 0 Å². The van der Waals surface area contributed by atoms with Crippen molar-refractivity contribution in [3.63, 3.8) is 0 Å². The molecule has 1 saturated heterocycles. The van der Waals surface area contributed by atoms with Gasteiger partial charge in [-0.2, -0.15) is 0 Å². The van der Waals surface area contributed by atoms with Crippen LogP contribution in [-0.2, 0) is 9.59 Å². The molecule has 3 aliphatic rings. The number of carbonyl (C=O) groups is 2. The molecule has 4 nitrogen and oxygen atoms in total. The van der Waals surface area contributed by atoms with Crippen LogP contribution in [0.25, 0.3) is 0 Å². The van der Waals surface area contributed by atoms with Gasteiger partial charge in [-0.15, -0.1) is 0 Å². The van der Waals surface area contributed by atoms with Crippen molar-refractivity contribution in [3.05, 3.63) is 0 Å². The number of nitrogens with zero attached hydrogens (tertiary/aromatic N) is 1. The maximum absolute atomic E-state index is 12.7. The molecule has 0 aromatic heterocycles. The Balaban J connectivity index is 1.70. The van der Waals surface area contributed by atoms with Crippen molar-refractivity contribution in [1.29, 1.82) is 0 Å². The molecule has 2 unspecified atom stereocenters. The molecule has 2 aliphatic carbocycles. The zero-order valence-electron chi connectivity index (χ0n) is 13.1. The third-order valence-electron chi connectivity index (χ3n) is 5.81. The summed E-state index contributed by atoms with van der Waals surface area (Å²) in [6, 6.07) is -0.486. The van der Waals surface area contributed by atoms with Crippen molar-refractivity contribution >= 4 is 11.8 Å². The van der Waals surface area contributed by atoms with E-state index in [0.717, 1.165) is 25.7 Å². The van der Waals surface area contributed by atoms with E-state index in [1.54, 1.807) is 4.90 Å². The van der Waals surface area contributed by atoms with Crippen LogP contribution in [0.5, 0.6) is 0 Å². The fourth-order valence-corrected chi connectivity index (χ4v) is 4.60. The molecule has 2 atom stereocenters. The van der Waals surface area contributed by atoms with Gasteiger partial charge in [0.05, 0.1) is 0 Å². The van der Waals surface area contributed by atoms with Crippen molar-refractivity contribution < 1.29 is 9.59 Å². The minimum atomic E-state index is -0.261. The van der Waals surface area contributed by atoms with Gasteiger partial charge in [-0.25, -0.2) is 0 Å². The average Bonchev–Trinajstić information content (AvgIpc) is 2.53. The molecule has 21 heavy (non-hydrogen) atoms. The maximum atomic E-state index is 12.7. The van der Waals surface area contributed by atoms with Crippen LogP contribution >= 0.6 is 0 Å². The van der Waals surface area contributed by atoms with Crippen LogP contribution in [0.2, 0.25) is 0 Å². The van der Waals surface area contributed by atoms with E-state index in [-0.39, 0.29) is 23.9 Å². The molecule has 2 saturated carbocycles. The zero-order valence-corrected chi connectivity index (χ0v) is 13.1. The monoisotopic (exact) mass is 292 g/mol. The molecular weight excluding hydrogens is 264 g/mol. The van der Waals surface area contributed by atoms with Gasteiger partial charge in [-0.3, -0.25) is 9.59 Å². The quantitative estimate of drug-likeness (QED) is 0.850. The number of hydrogen-bond donors (Lipinski definition) is 1. The van der Waals surface area contributed by atoms with E-state index in [4.69, 9.17) is 0 Å². The first-order valence-corrected chi connectivity index (χ1v) is 8.75. The summed E-state index contributed by atoms with van der Waals surface area (Å²) in [4.78, 5) is 27.1. The van der Waals surface area contributed by atoms with Gasteiger partial charge in [0.2, 0.25) is 11.8 Å². The van der Waals surface area contributed by atoms with E-state index < -0.39 is 0 Å². The molecule has 0 aromatic rings. The molecule has 3 rings (SSSR count). The van der Waals surface area contributed by atoms with Crippen LogP contribution in [0, 0.1) is 11.8 Å². The van der Waals surface area contributed by atoms with Gasteiger partial charge in [-0.1, -0.05) is 38.5 Å². The molecule has 1 N–H and O–H groups in total. The summed E-state index contributed by atoms with van der Waals surface area (Å²) < 4.78 is 0. The van der Waals surface area contributed by atoms with Crippen LogP contribution in [0.1, 0.15) is 64.2 Å². The van der Waals surface area contributed by atoms with Crippen LogP contribution in [-0.4, -0.2) is 35.8 Å². The van der Waals surface area contributed by atoms with Crippen LogP contribution in [0.4, 0.5) is 0 Å². The summed E-state index contributed by atoms with van der Waals surface area (Å²) in [5.41, 5.74) is 0. The molecule has 2 amide bonds. The van der Waals surface area contributed by atoms with Crippen LogP contribution in [0.15, 0.2) is 0 Å². The van der Waals surface area contributed by atoms with E-state index in [0.29, 0.717) is 11.8 Å². The highest BCUT2D eigenvalue weighted by Gasteiger charge is 2.45. The molecule has 0 bridgehead atoms. The second-order valence-corrected chi connectivity index (χ2v) is 7.18. The predicted octanol–water partition coefficient (Wildman–Crippen LogP) is 2.47. The van der Waals surface area contributed by atoms with E-state index in [2.05, 4.69) is 5.32 Å². The van der Waals surface area contributed by atoms with Gasteiger partial charge in [0.1, 0.15) is 12.1 Å². The Morgan fingerprint density at radius 3 is 1.95 bits per heavy atom. The molecule has 0 spiro atoms. The molecular formula is C17H28N2O2. The summed E-state index contributed by atoms with van der Waals surface area (Å²) in [6.07, 6.45) is 11.7. The lowest BCUT2D eigenvalue weighted by Crippen LogP contribution is -2.66. The van der Waals surface area contributed by atoms with Crippen molar-refractivity contribution in [3.8, 4) is 0 Å². The summed E-state index contributed by atoms with van der Waals surface area (Å²) in [5.74, 6) is 0.960. The minimum Gasteiger partial charge on any atom is -0.342 e. The fourth-order valence-electron chi connectivity index (χ4n) is 4.60. The smallest absolute Gasteiger partial charge is 0.245 e. The van der Waals surface area contributed by atoms with Crippen molar-refractivity contribution in [2.45, 2.75) is 76.3 Å². The molecule has 1 heterocycles. The summed E-state index contributed by atoms with van der Waals surface area (Å²) >= 11 is 0. The van der Waals surface area contributed by atoms with E-state index >= 15 is 0 Å². The maximum Gasteiger partial charge on any atom is 0.245 e. The normalized spacial score (nSPS) is 33.1. The number of piperazine rings is 1. The Morgan fingerprint density at radius 1 is 0.857 bits per heavy atom. The van der Waals surface area contributed by atoms with Gasteiger partial charge in [-0.05, 0) is 37.5 Å². The Labute approximate surface area is 127 Å². The lowest BCUT2D eigenvalue weighted by atomic mass is 9.79. The van der Waals surface area contributed by atoms with Gasteiger partial charge in [0.25, 0.3) is 0 Å². The molecule has 118 valence electrons. The standard InChI is InChI=1S/C17H28N2O2/c1-19-15(13-10-6-3-7-11-13)16(20)18-14(17(19)21)12-8-4-2-5-9-12/h12-15H,2-11H2,1H3,(H,18,20). The SMILES string of the molecule is CN1C(=O)C(C2CCCCC2)NC(=O)C1C1CCCCC1. The van der Waals surface area contributed by atoms with E-state index in [9.17, 15) is 9.59 Å². The number of carbonyl (C=O) groups excluding carboxylic acids is 2. The van der Waals surface area contributed by atoms with Crippen molar-refractivity contribution in [1.82, 2.24) is 10.2 Å². The van der Waals surface area contributed by atoms with Crippen LogP contribution in [0.3, 0.4) is 0 Å². The third-order valence-corrected chi connectivity index (χ3v) is 5.81. The van der Waals surface area contributed by atoms with Gasteiger partial charge >= 0.3 is 0 Å². The minimum absolute atomic E-state index is 0.0968. The Bertz CT molecular complexity index is 398. The first-order valence-electron chi connectivity index (χ1n) is 8.75. The third kappa shape index (κ3) is 2.95. The largest absolute Gasteiger partial charge is 0.342 e. The van der Waals surface area contributed by atoms with E-state index in [1.165, 1.54) is 38.5 Å². The first kappa shape index (κ1) is 14.9.